The zero-order valence-electron chi connectivity index (χ0n) is 22.0. The molecule has 0 atom stereocenters. The molecular weight excluding hydrogens is 713 g/mol. The van der Waals surface area contributed by atoms with Crippen molar-refractivity contribution in [3.05, 3.63) is 0 Å². The maximum absolute atomic E-state index is 10.4. The molecule has 8 N–H and O–H groups in total. The van der Waals surface area contributed by atoms with Gasteiger partial charge in [0.25, 0.3) is 0 Å². The van der Waals surface area contributed by atoms with Gasteiger partial charge in [0.15, 0.2) is 0 Å². The summed E-state index contributed by atoms with van der Waals surface area (Å²) in [5.74, 6) is -2.00. The van der Waals surface area contributed by atoms with Gasteiger partial charge in [-0.2, -0.15) is 0 Å². The van der Waals surface area contributed by atoms with E-state index in [1.807, 2.05) is 9.80 Å². The fraction of sp³-hybridized carbons (Fsp3) is 0.875. The molecule has 2 fully saturated rings. The molecule has 262 valence electrons. The summed E-state index contributed by atoms with van der Waals surface area (Å²) in [6.45, 7) is 10.3. The van der Waals surface area contributed by atoms with Crippen LogP contribution in [-0.4, -0.2) is 124 Å². The van der Waals surface area contributed by atoms with Crippen molar-refractivity contribution in [2.45, 2.75) is 0 Å². The first-order chi connectivity index (χ1) is 16.6. The van der Waals surface area contributed by atoms with Crippen molar-refractivity contribution in [2.75, 3.05) is 91.6 Å². The molecule has 22 nitrogen and oxygen atoms in total. The SMILES string of the molecule is O.O.O=C([O-])CN1CCNCCNCC1.O=C([O-])CN1CCNCCNCC1.[Mn].[Mn].[O-2].[O-2].[O-][Cl+3]([O-])([O-])[O-].[O-][Cl+3]([O-])([O-])[O-]. The minimum atomic E-state index is -4.94. The monoisotopic (exact) mass is 748 g/mol. The van der Waals surface area contributed by atoms with Gasteiger partial charge in [-0.05, 0) is 0 Å². The minimum Gasteiger partial charge on any atom is -2.00 e. The Bertz CT molecular complexity index is 508. The van der Waals surface area contributed by atoms with Gasteiger partial charge in [0.2, 0.25) is 0 Å². The number of hydrogen-bond donors (Lipinski definition) is 4. The molecule has 42 heavy (non-hydrogen) atoms. The maximum Gasteiger partial charge on any atom is 0.0555 e. The fourth-order valence-corrected chi connectivity index (χ4v) is 2.71. The Balaban J connectivity index is -0.0000000631. The van der Waals surface area contributed by atoms with Crippen LogP contribution >= 0.6 is 0 Å². The molecule has 2 radical (unpaired) electrons. The topological polar surface area (TPSA) is 439 Å². The van der Waals surface area contributed by atoms with E-state index in [1.165, 1.54) is 0 Å². The third kappa shape index (κ3) is 67.5. The van der Waals surface area contributed by atoms with Crippen molar-refractivity contribution in [2.24, 2.45) is 0 Å². The summed E-state index contributed by atoms with van der Waals surface area (Å²) in [6, 6.07) is 0. The molecule has 0 aromatic heterocycles. The molecule has 0 saturated carbocycles. The third-order valence-corrected chi connectivity index (χ3v) is 4.08. The van der Waals surface area contributed by atoms with Crippen LogP contribution in [0.2, 0.25) is 0 Å². The molecule has 2 aliphatic rings. The molecule has 2 aliphatic heterocycles. The van der Waals surface area contributed by atoms with Crippen molar-refractivity contribution < 1.29 is 134 Å². The maximum atomic E-state index is 10.4. The third-order valence-electron chi connectivity index (χ3n) is 4.08. The van der Waals surface area contributed by atoms with Crippen LogP contribution in [0.1, 0.15) is 0 Å². The summed E-state index contributed by atoms with van der Waals surface area (Å²) >= 11 is 0. The second-order valence-corrected chi connectivity index (χ2v) is 8.56. The number of rotatable bonds is 4. The summed E-state index contributed by atoms with van der Waals surface area (Å²) in [4.78, 5) is 24.5. The molecular formula is C16H36Cl2Mn2N6O16-8. The number of hydrogen-bond acceptors (Lipinski definition) is 18. The van der Waals surface area contributed by atoms with Crippen molar-refractivity contribution >= 4 is 11.9 Å². The molecule has 0 spiro atoms. The molecule has 2 heterocycles. The van der Waals surface area contributed by atoms with Gasteiger partial charge in [-0.1, -0.05) is 0 Å². The molecule has 0 aliphatic carbocycles. The Morgan fingerprint density at radius 1 is 0.500 bits per heavy atom. The number of nitrogens with zero attached hydrogens (tertiary/aromatic N) is 2. The van der Waals surface area contributed by atoms with E-state index in [9.17, 15) is 19.8 Å². The van der Waals surface area contributed by atoms with Gasteiger partial charge in [0.05, 0.1) is 11.9 Å². The summed E-state index contributed by atoms with van der Waals surface area (Å²) in [6.07, 6.45) is 0. The van der Waals surface area contributed by atoms with Crippen LogP contribution < -0.4 is 68.8 Å². The standard InChI is InChI=1S/2C8H17N3O2.2ClHO4.2Mn.2H2O.2O/c2*12-8(13)7-11-5-3-9-1-2-10-4-6-11;2*2-1(3,4)5;;;;;;/h2*9-10H,1-7H2,(H,12,13);2*(H,2,3,4,5);;;2*1H2;;/q;;;;;;;;2*-2/p-4. The van der Waals surface area contributed by atoms with Crippen molar-refractivity contribution in [3.63, 3.8) is 0 Å². The minimum absolute atomic E-state index is 0. The van der Waals surface area contributed by atoms with Crippen molar-refractivity contribution in [1.82, 2.24) is 31.1 Å². The average molecular weight is 749 g/mol. The van der Waals surface area contributed by atoms with E-state index in [1.54, 1.807) is 0 Å². The smallest absolute Gasteiger partial charge is 0.0555 e. The molecule has 0 aromatic rings. The Morgan fingerprint density at radius 2 is 0.667 bits per heavy atom. The van der Waals surface area contributed by atoms with Crippen molar-refractivity contribution in [1.29, 1.82) is 0 Å². The predicted octanol–water partition coefficient (Wildman–Crippen LogP) is -16.9. The van der Waals surface area contributed by atoms with Gasteiger partial charge in [-0.15, -0.1) is 20.5 Å². The first-order valence-electron chi connectivity index (χ1n) is 10.5. The number of carbonyl (C=O) groups excluding carboxylic acids is 2. The molecule has 2 saturated heterocycles. The number of aliphatic carboxylic acids is 2. The normalized spacial score (nSPS) is 16.2. The van der Waals surface area contributed by atoms with E-state index in [2.05, 4.69) is 21.3 Å². The van der Waals surface area contributed by atoms with E-state index in [-0.39, 0.29) is 69.1 Å². The van der Waals surface area contributed by atoms with Gasteiger partial charge in [-0.3, -0.25) is 9.80 Å². The molecule has 0 amide bonds. The van der Waals surface area contributed by atoms with Crippen LogP contribution in [0.5, 0.6) is 0 Å². The Morgan fingerprint density at radius 3 is 0.810 bits per heavy atom. The van der Waals surface area contributed by atoms with E-state index < -0.39 is 32.4 Å². The van der Waals surface area contributed by atoms with Gasteiger partial charge in [0, 0.05) is 126 Å². The van der Waals surface area contributed by atoms with Crippen LogP contribution in [0.25, 0.3) is 0 Å². The Hall–Kier alpha value is -0.161. The molecule has 0 bridgehead atoms. The van der Waals surface area contributed by atoms with Crippen LogP contribution in [0.4, 0.5) is 0 Å². The second-order valence-electron chi connectivity index (χ2n) is 7.05. The van der Waals surface area contributed by atoms with Gasteiger partial charge in [-0.25, -0.2) is 37.3 Å². The zero-order chi connectivity index (χ0) is 28.0. The summed E-state index contributed by atoms with van der Waals surface area (Å²) < 4.78 is 67.9. The van der Waals surface area contributed by atoms with Gasteiger partial charge >= 0.3 is 0 Å². The van der Waals surface area contributed by atoms with E-state index in [4.69, 9.17) is 37.3 Å². The number of halogens is 2. The number of carbonyl (C=O) groups is 2. The molecule has 0 unspecified atom stereocenters. The summed E-state index contributed by atoms with van der Waals surface area (Å²) in [7, 11) is -9.89. The fourth-order valence-electron chi connectivity index (χ4n) is 2.71. The van der Waals surface area contributed by atoms with Crippen LogP contribution in [0.15, 0.2) is 0 Å². The van der Waals surface area contributed by atoms with E-state index in [0.29, 0.717) is 0 Å². The van der Waals surface area contributed by atoms with Gasteiger partial charge < -0.3 is 63.0 Å². The first kappa shape index (κ1) is 60.9. The largest absolute Gasteiger partial charge is 2.00 e. The molecule has 26 heteroatoms. The summed E-state index contributed by atoms with van der Waals surface area (Å²) in [5.41, 5.74) is 0. The number of nitrogens with one attached hydrogen (secondary N) is 4. The molecule has 0 aromatic carbocycles. The van der Waals surface area contributed by atoms with Crippen LogP contribution in [0.3, 0.4) is 0 Å². The Kier molecular flexibility index (Phi) is 53.7. The quantitative estimate of drug-likeness (QED) is 0.194. The number of carboxylic acid groups (broad SMARTS) is 2. The molecule has 2 rings (SSSR count). The van der Waals surface area contributed by atoms with Crippen molar-refractivity contribution in [3.8, 4) is 0 Å². The zero-order valence-corrected chi connectivity index (χ0v) is 25.9. The van der Waals surface area contributed by atoms with E-state index >= 15 is 0 Å². The Labute approximate surface area is 267 Å². The number of carboxylic acids is 2. The van der Waals surface area contributed by atoms with Gasteiger partial charge in [0.1, 0.15) is 0 Å². The summed E-state index contributed by atoms with van der Waals surface area (Å²) in [5, 5.41) is 33.6. The first-order valence-corrected chi connectivity index (χ1v) is 13.0. The van der Waals surface area contributed by atoms with Crippen LogP contribution in [-0.2, 0) is 54.7 Å². The van der Waals surface area contributed by atoms with Crippen LogP contribution in [0, 0.1) is 20.5 Å². The predicted molar refractivity (Wildman–Crippen MR) is 103 cm³/mol. The average Bonchev–Trinajstić information content (AvgIpc) is 2.89. The van der Waals surface area contributed by atoms with E-state index in [0.717, 1.165) is 78.5 Å². The second kappa shape index (κ2) is 37.0.